The molecule has 146 valence electrons. The molecule has 0 aliphatic carbocycles. The molecular weight excluding hydrogens is 353 g/mol. The van der Waals surface area contributed by atoms with Crippen LogP contribution >= 0.6 is 7.60 Å². The molecule has 7 heteroatoms. The second-order valence-corrected chi connectivity index (χ2v) is 8.98. The van der Waals surface area contributed by atoms with Gasteiger partial charge in [-0.3, -0.25) is 9.46 Å². The van der Waals surface area contributed by atoms with Gasteiger partial charge in [-0.15, -0.1) is 0 Å². The number of ether oxygens (including phenoxy) is 2. The van der Waals surface area contributed by atoms with Gasteiger partial charge in [0, 0.05) is 12.6 Å². The van der Waals surface area contributed by atoms with Crippen molar-refractivity contribution in [3.63, 3.8) is 0 Å². The molecule has 1 saturated heterocycles. The zero-order valence-electron chi connectivity index (χ0n) is 16.2. The van der Waals surface area contributed by atoms with Gasteiger partial charge in [0.1, 0.15) is 0 Å². The number of fused-ring (bicyclic) bond motifs is 3. The van der Waals surface area contributed by atoms with E-state index in [-0.39, 0.29) is 11.7 Å². The molecule has 2 atom stereocenters. The van der Waals surface area contributed by atoms with Crippen LogP contribution in [0.2, 0.25) is 0 Å². The number of hydrogen-bond acceptors (Lipinski definition) is 6. The van der Waals surface area contributed by atoms with Crippen LogP contribution in [0.4, 0.5) is 0 Å². The second kappa shape index (κ2) is 8.30. The standard InChI is InChI=1S/C19H30NO5P/c1-5-24-26(21,25-6-2)18-8-7-10-20-11-9-14-12-16(22-3)17(23-4)13-15(14)19(18)20/h12-13,18-19H,5-11H2,1-4H3. The van der Waals surface area contributed by atoms with Crippen LogP contribution in [0.25, 0.3) is 0 Å². The van der Waals surface area contributed by atoms with Crippen LogP contribution in [-0.4, -0.2) is 51.1 Å². The van der Waals surface area contributed by atoms with Gasteiger partial charge in [0.15, 0.2) is 11.5 Å². The first-order valence-electron chi connectivity index (χ1n) is 9.45. The Morgan fingerprint density at radius 1 is 1.08 bits per heavy atom. The van der Waals surface area contributed by atoms with Crippen LogP contribution < -0.4 is 9.47 Å². The molecule has 26 heavy (non-hydrogen) atoms. The van der Waals surface area contributed by atoms with E-state index in [1.165, 1.54) is 11.1 Å². The first-order valence-corrected chi connectivity index (χ1v) is 11.1. The Balaban J connectivity index is 2.06. The zero-order valence-corrected chi connectivity index (χ0v) is 17.1. The normalized spacial score (nSPS) is 23.2. The highest BCUT2D eigenvalue weighted by Crippen LogP contribution is 2.61. The Labute approximate surface area is 156 Å². The summed E-state index contributed by atoms with van der Waals surface area (Å²) in [4.78, 5) is 2.42. The summed E-state index contributed by atoms with van der Waals surface area (Å²) < 4.78 is 36.0. The maximum atomic E-state index is 13.6. The molecule has 0 spiro atoms. The summed E-state index contributed by atoms with van der Waals surface area (Å²) in [6.07, 6.45) is 2.80. The number of methoxy groups -OCH3 is 2. The highest BCUT2D eigenvalue weighted by atomic mass is 31.2. The van der Waals surface area contributed by atoms with E-state index >= 15 is 0 Å². The van der Waals surface area contributed by atoms with Gasteiger partial charge < -0.3 is 18.5 Å². The summed E-state index contributed by atoms with van der Waals surface area (Å²) in [5, 5.41) is 0. The largest absolute Gasteiger partial charge is 0.493 e. The fourth-order valence-electron chi connectivity index (χ4n) is 4.31. The maximum Gasteiger partial charge on any atom is 0.335 e. The fourth-order valence-corrected chi connectivity index (χ4v) is 6.68. The van der Waals surface area contributed by atoms with Crippen LogP contribution in [0.3, 0.4) is 0 Å². The van der Waals surface area contributed by atoms with Crippen LogP contribution in [-0.2, 0) is 20.0 Å². The third-order valence-corrected chi connectivity index (χ3v) is 7.95. The van der Waals surface area contributed by atoms with Crippen molar-refractivity contribution in [1.29, 1.82) is 0 Å². The van der Waals surface area contributed by atoms with Crippen molar-refractivity contribution in [3.05, 3.63) is 23.3 Å². The lowest BCUT2D eigenvalue weighted by atomic mass is 9.86. The van der Waals surface area contributed by atoms with Crippen molar-refractivity contribution < 1.29 is 23.1 Å². The van der Waals surface area contributed by atoms with E-state index < -0.39 is 7.60 Å². The van der Waals surface area contributed by atoms with Crippen LogP contribution in [0.1, 0.15) is 43.9 Å². The Morgan fingerprint density at radius 2 is 1.73 bits per heavy atom. The number of rotatable bonds is 7. The topological polar surface area (TPSA) is 57.2 Å². The minimum atomic E-state index is -3.20. The van der Waals surface area contributed by atoms with Gasteiger partial charge in [-0.25, -0.2) is 0 Å². The molecule has 0 saturated carbocycles. The molecule has 0 amide bonds. The quantitative estimate of drug-likeness (QED) is 0.663. The molecule has 0 N–H and O–H groups in total. The first kappa shape index (κ1) is 19.7. The van der Waals surface area contributed by atoms with E-state index in [4.69, 9.17) is 18.5 Å². The van der Waals surface area contributed by atoms with Crippen molar-refractivity contribution in [2.24, 2.45) is 0 Å². The van der Waals surface area contributed by atoms with Crippen molar-refractivity contribution in [1.82, 2.24) is 4.90 Å². The van der Waals surface area contributed by atoms with Gasteiger partial charge in [0.05, 0.1) is 33.1 Å². The molecule has 6 nitrogen and oxygen atoms in total. The second-order valence-electron chi connectivity index (χ2n) is 6.72. The third-order valence-electron chi connectivity index (χ3n) is 5.36. The lowest BCUT2D eigenvalue weighted by Gasteiger charge is -2.46. The average Bonchev–Trinajstić information content (AvgIpc) is 2.66. The van der Waals surface area contributed by atoms with E-state index in [0.717, 1.165) is 38.1 Å². The van der Waals surface area contributed by atoms with E-state index in [1.54, 1.807) is 14.2 Å². The van der Waals surface area contributed by atoms with Crippen LogP contribution in [0.5, 0.6) is 11.5 Å². The lowest BCUT2D eigenvalue weighted by molar-refractivity contribution is 0.117. The molecule has 2 unspecified atom stereocenters. The van der Waals surface area contributed by atoms with Crippen molar-refractivity contribution in [2.45, 2.75) is 44.8 Å². The molecule has 2 heterocycles. The minimum absolute atomic E-state index is 0.0243. The Bertz CT molecular complexity index is 670. The molecular formula is C19H30NO5P. The Kier molecular flexibility index (Phi) is 6.29. The van der Waals surface area contributed by atoms with Crippen molar-refractivity contribution >= 4 is 7.60 Å². The highest BCUT2D eigenvalue weighted by Gasteiger charge is 2.47. The summed E-state index contributed by atoms with van der Waals surface area (Å²) in [7, 11) is 0.105. The van der Waals surface area contributed by atoms with E-state index in [9.17, 15) is 4.57 Å². The SMILES string of the molecule is CCOP(=O)(OCC)C1CCCN2CCc3cc(OC)c(OC)cc3C12. The molecule has 3 rings (SSSR count). The molecule has 2 aliphatic rings. The molecule has 0 aromatic heterocycles. The lowest BCUT2D eigenvalue weighted by Crippen LogP contribution is -2.46. The number of hydrogen-bond donors (Lipinski definition) is 0. The summed E-state index contributed by atoms with van der Waals surface area (Å²) in [5.41, 5.74) is 2.24. The maximum absolute atomic E-state index is 13.6. The monoisotopic (exact) mass is 383 g/mol. The summed E-state index contributed by atoms with van der Waals surface area (Å²) >= 11 is 0. The van der Waals surface area contributed by atoms with Gasteiger partial charge in [-0.05, 0) is 62.9 Å². The summed E-state index contributed by atoms with van der Waals surface area (Å²) in [5.74, 6) is 1.45. The Hall–Kier alpha value is -1.07. The molecule has 1 aromatic carbocycles. The number of piperidine rings is 1. The third kappa shape index (κ3) is 3.53. The number of nitrogens with zero attached hydrogens (tertiary/aromatic N) is 1. The zero-order chi connectivity index (χ0) is 18.7. The van der Waals surface area contributed by atoms with Gasteiger partial charge in [0.2, 0.25) is 0 Å². The smallest absolute Gasteiger partial charge is 0.335 e. The van der Waals surface area contributed by atoms with Gasteiger partial charge in [-0.1, -0.05) is 0 Å². The van der Waals surface area contributed by atoms with Gasteiger partial charge in [0.25, 0.3) is 0 Å². The highest BCUT2D eigenvalue weighted by molar-refractivity contribution is 7.54. The van der Waals surface area contributed by atoms with Gasteiger partial charge in [-0.2, -0.15) is 0 Å². The molecule has 0 radical (unpaired) electrons. The van der Waals surface area contributed by atoms with E-state index in [0.29, 0.717) is 19.0 Å². The average molecular weight is 383 g/mol. The van der Waals surface area contributed by atoms with Crippen molar-refractivity contribution in [3.8, 4) is 11.5 Å². The predicted octanol–water partition coefficient (Wildman–Crippen LogP) is 4.03. The minimum Gasteiger partial charge on any atom is -0.493 e. The Morgan fingerprint density at radius 3 is 2.35 bits per heavy atom. The number of benzene rings is 1. The predicted molar refractivity (Wildman–Crippen MR) is 101 cm³/mol. The van der Waals surface area contributed by atoms with E-state index in [1.807, 2.05) is 19.9 Å². The van der Waals surface area contributed by atoms with Crippen LogP contribution in [0.15, 0.2) is 12.1 Å². The summed E-state index contributed by atoms with van der Waals surface area (Å²) in [6.45, 7) is 6.47. The first-order chi connectivity index (χ1) is 12.6. The van der Waals surface area contributed by atoms with Crippen LogP contribution in [0, 0.1) is 0 Å². The van der Waals surface area contributed by atoms with Gasteiger partial charge >= 0.3 is 7.60 Å². The van der Waals surface area contributed by atoms with E-state index in [2.05, 4.69) is 11.0 Å². The molecule has 1 aromatic rings. The van der Waals surface area contributed by atoms with Crippen molar-refractivity contribution in [2.75, 3.05) is 40.5 Å². The summed E-state index contributed by atoms with van der Waals surface area (Å²) in [6, 6.07) is 4.13. The fraction of sp³-hybridized carbons (Fsp3) is 0.684. The molecule has 2 aliphatic heterocycles. The molecule has 0 bridgehead atoms. The molecule has 1 fully saturated rings.